The zero-order chi connectivity index (χ0) is 24.6. The summed E-state index contributed by atoms with van der Waals surface area (Å²) in [6.45, 7) is 8.37. The fraction of sp³-hybridized carbons (Fsp3) is 0.379. The second-order valence-electron chi connectivity index (χ2n) is 9.37. The van der Waals surface area contributed by atoms with Crippen molar-refractivity contribution >= 4 is 11.9 Å². The number of hydrogen-bond acceptors (Lipinski definition) is 5. The minimum absolute atomic E-state index is 0.0636. The Balaban J connectivity index is 1.80. The summed E-state index contributed by atoms with van der Waals surface area (Å²) in [6, 6.07) is 18.8. The van der Waals surface area contributed by atoms with Gasteiger partial charge in [-0.05, 0) is 47.8 Å². The van der Waals surface area contributed by atoms with Crippen molar-refractivity contribution in [1.82, 2.24) is 0 Å². The van der Waals surface area contributed by atoms with Gasteiger partial charge in [-0.15, -0.1) is 0 Å². The van der Waals surface area contributed by atoms with Crippen molar-refractivity contribution in [2.75, 3.05) is 6.61 Å². The fourth-order valence-electron chi connectivity index (χ4n) is 4.48. The molecule has 0 aromatic heterocycles. The van der Waals surface area contributed by atoms with Gasteiger partial charge in [0.05, 0.1) is 6.61 Å². The van der Waals surface area contributed by atoms with Crippen molar-refractivity contribution < 1.29 is 24.2 Å². The molecule has 0 aliphatic heterocycles. The molecule has 0 saturated heterocycles. The van der Waals surface area contributed by atoms with E-state index in [1.807, 2.05) is 80.6 Å². The minimum atomic E-state index is -1.44. The average Bonchev–Trinajstić information content (AvgIpc) is 3.18. The lowest BCUT2D eigenvalue weighted by Gasteiger charge is -2.25. The predicted octanol–water partition coefficient (Wildman–Crippen LogP) is 5.39. The number of ether oxygens (including phenoxy) is 2. The van der Waals surface area contributed by atoms with Gasteiger partial charge in [-0.25, -0.2) is 0 Å². The van der Waals surface area contributed by atoms with E-state index < -0.39 is 17.4 Å². The number of esters is 2. The van der Waals surface area contributed by atoms with E-state index in [2.05, 4.69) is 6.58 Å². The van der Waals surface area contributed by atoms with Crippen LogP contribution in [0.1, 0.15) is 44.2 Å². The standard InChI is InChI=1S/C29H34O5/c1-21(2)14-25(18-30)15-26-17-29(16-22(26)3,27(31)33-19-23-10-6-4-7-11-23)28(32)34-20-24-12-8-5-9-13-24/h4-14,21,26,30H,3,15-20H2,1-2H3/b25-14-. The first-order valence-corrected chi connectivity index (χ1v) is 11.7. The van der Waals surface area contributed by atoms with Crippen molar-refractivity contribution in [2.24, 2.45) is 17.3 Å². The zero-order valence-electron chi connectivity index (χ0n) is 20.0. The van der Waals surface area contributed by atoms with E-state index in [1.54, 1.807) is 0 Å². The monoisotopic (exact) mass is 462 g/mol. The van der Waals surface area contributed by atoms with Crippen LogP contribution in [0.2, 0.25) is 0 Å². The molecule has 5 heteroatoms. The highest BCUT2D eigenvalue weighted by molar-refractivity contribution is 6.01. The minimum Gasteiger partial charge on any atom is -0.460 e. The van der Waals surface area contributed by atoms with Crippen LogP contribution in [0.15, 0.2) is 84.5 Å². The van der Waals surface area contributed by atoms with Crippen molar-refractivity contribution in [3.8, 4) is 0 Å². The van der Waals surface area contributed by atoms with E-state index in [0.29, 0.717) is 6.42 Å². The van der Waals surface area contributed by atoms with Crippen LogP contribution in [0, 0.1) is 17.3 Å². The Labute approximate surface area is 202 Å². The maximum Gasteiger partial charge on any atom is 0.324 e. The third-order valence-corrected chi connectivity index (χ3v) is 6.19. The number of benzene rings is 2. The first-order valence-electron chi connectivity index (χ1n) is 11.7. The van der Waals surface area contributed by atoms with Gasteiger partial charge in [0.1, 0.15) is 13.2 Å². The summed E-state index contributed by atoms with van der Waals surface area (Å²) in [4.78, 5) is 26.8. The van der Waals surface area contributed by atoms with E-state index in [-0.39, 0.29) is 44.5 Å². The quantitative estimate of drug-likeness (QED) is 0.291. The van der Waals surface area contributed by atoms with Crippen LogP contribution >= 0.6 is 0 Å². The van der Waals surface area contributed by atoms with Crippen LogP contribution in [0.5, 0.6) is 0 Å². The molecule has 2 aromatic rings. The van der Waals surface area contributed by atoms with E-state index in [4.69, 9.17) is 9.47 Å². The zero-order valence-corrected chi connectivity index (χ0v) is 20.0. The highest BCUT2D eigenvalue weighted by atomic mass is 16.6. The molecule has 1 aliphatic carbocycles. The summed E-state index contributed by atoms with van der Waals surface area (Å²) in [5.41, 5.74) is 1.94. The SMILES string of the molecule is C=C1CC(C(=O)OCc2ccccc2)(C(=O)OCc2ccccc2)CC1C/C(=C/C(C)C)CO. The molecule has 1 atom stereocenters. The van der Waals surface area contributed by atoms with Gasteiger partial charge in [-0.3, -0.25) is 9.59 Å². The second kappa shape index (κ2) is 11.8. The summed E-state index contributed by atoms with van der Waals surface area (Å²) in [5, 5.41) is 9.81. The molecule has 0 heterocycles. The molecule has 5 nitrogen and oxygen atoms in total. The van der Waals surface area contributed by atoms with Gasteiger partial charge in [0.2, 0.25) is 0 Å². The molecule has 0 bridgehead atoms. The van der Waals surface area contributed by atoms with Gasteiger partial charge in [0.25, 0.3) is 0 Å². The maximum atomic E-state index is 13.4. The Morgan fingerprint density at radius 1 is 1.00 bits per heavy atom. The second-order valence-corrected chi connectivity index (χ2v) is 9.37. The van der Waals surface area contributed by atoms with Crippen LogP contribution in [-0.4, -0.2) is 23.7 Å². The number of carbonyl (C=O) groups is 2. The van der Waals surface area contributed by atoms with Gasteiger partial charge in [0, 0.05) is 0 Å². The summed E-state index contributed by atoms with van der Waals surface area (Å²) >= 11 is 0. The molecule has 0 radical (unpaired) electrons. The Morgan fingerprint density at radius 3 is 1.94 bits per heavy atom. The number of hydrogen-bond donors (Lipinski definition) is 1. The van der Waals surface area contributed by atoms with Crippen LogP contribution in [0.4, 0.5) is 0 Å². The molecule has 1 aliphatic rings. The Bertz CT molecular complexity index is 952. The van der Waals surface area contributed by atoms with E-state index in [9.17, 15) is 14.7 Å². The van der Waals surface area contributed by atoms with Gasteiger partial charge < -0.3 is 14.6 Å². The normalized spacial score (nSPS) is 17.6. The van der Waals surface area contributed by atoms with E-state index in [1.165, 1.54) is 0 Å². The number of carbonyl (C=O) groups excluding carboxylic acids is 2. The molecule has 0 amide bonds. The molecule has 1 saturated carbocycles. The van der Waals surface area contributed by atoms with Gasteiger partial charge in [0.15, 0.2) is 5.41 Å². The maximum absolute atomic E-state index is 13.4. The van der Waals surface area contributed by atoms with Crippen molar-refractivity contribution in [2.45, 2.75) is 46.3 Å². The lowest BCUT2D eigenvalue weighted by molar-refractivity contribution is -0.174. The highest BCUT2D eigenvalue weighted by Gasteiger charge is 2.55. The van der Waals surface area contributed by atoms with Crippen LogP contribution in [0.25, 0.3) is 0 Å². The Hall–Kier alpha value is -3.18. The molecule has 1 N–H and O–H groups in total. The lowest BCUT2D eigenvalue weighted by atomic mass is 9.84. The highest BCUT2D eigenvalue weighted by Crippen LogP contribution is 2.49. The first kappa shape index (κ1) is 25.4. The molecule has 1 fully saturated rings. The van der Waals surface area contributed by atoms with Crippen LogP contribution < -0.4 is 0 Å². The van der Waals surface area contributed by atoms with Crippen LogP contribution in [0.3, 0.4) is 0 Å². The number of aliphatic hydroxyl groups excluding tert-OH is 1. The Morgan fingerprint density at radius 2 is 1.50 bits per heavy atom. The molecule has 0 spiro atoms. The molecular weight excluding hydrogens is 428 g/mol. The summed E-state index contributed by atoms with van der Waals surface area (Å²) in [6.07, 6.45) is 3.00. The Kier molecular flexibility index (Phi) is 8.83. The van der Waals surface area contributed by atoms with Crippen molar-refractivity contribution in [3.63, 3.8) is 0 Å². The molecular formula is C29H34O5. The van der Waals surface area contributed by atoms with Gasteiger partial charge in [-0.1, -0.05) is 92.7 Å². The molecule has 3 rings (SSSR count). The number of allylic oxidation sites excluding steroid dienone is 2. The average molecular weight is 463 g/mol. The summed E-state index contributed by atoms with van der Waals surface area (Å²) in [7, 11) is 0. The predicted molar refractivity (Wildman–Crippen MR) is 131 cm³/mol. The van der Waals surface area contributed by atoms with Gasteiger partial charge >= 0.3 is 11.9 Å². The largest absolute Gasteiger partial charge is 0.460 e. The number of rotatable bonds is 10. The van der Waals surface area contributed by atoms with Crippen LogP contribution in [-0.2, 0) is 32.3 Å². The topological polar surface area (TPSA) is 72.8 Å². The van der Waals surface area contributed by atoms with Crippen molar-refractivity contribution in [3.05, 3.63) is 95.6 Å². The lowest BCUT2D eigenvalue weighted by Crippen LogP contribution is -2.40. The third-order valence-electron chi connectivity index (χ3n) is 6.19. The van der Waals surface area contributed by atoms with Gasteiger partial charge in [-0.2, -0.15) is 0 Å². The van der Waals surface area contributed by atoms with E-state index in [0.717, 1.165) is 22.3 Å². The fourth-order valence-corrected chi connectivity index (χ4v) is 4.48. The summed E-state index contributed by atoms with van der Waals surface area (Å²) in [5.74, 6) is -1.01. The molecule has 1 unspecified atom stereocenters. The smallest absolute Gasteiger partial charge is 0.324 e. The molecule has 180 valence electrons. The molecule has 34 heavy (non-hydrogen) atoms. The summed E-state index contributed by atoms with van der Waals surface area (Å²) < 4.78 is 11.3. The molecule has 2 aromatic carbocycles. The van der Waals surface area contributed by atoms with Crippen molar-refractivity contribution in [1.29, 1.82) is 0 Å². The first-order chi connectivity index (χ1) is 16.3. The van der Waals surface area contributed by atoms with E-state index >= 15 is 0 Å². The third kappa shape index (κ3) is 6.45. The number of aliphatic hydroxyl groups is 1.